The van der Waals surface area contributed by atoms with E-state index >= 15 is 0 Å². The van der Waals surface area contributed by atoms with Crippen LogP contribution in [0, 0.1) is 0 Å². The molecule has 0 bridgehead atoms. The normalized spacial score (nSPS) is 13.0. The summed E-state index contributed by atoms with van der Waals surface area (Å²) in [5.41, 5.74) is 6.91. The molecule has 1 unspecified atom stereocenters. The van der Waals surface area contributed by atoms with E-state index in [0.29, 0.717) is 4.60 Å². The first-order chi connectivity index (χ1) is 7.63. The van der Waals surface area contributed by atoms with Crippen molar-refractivity contribution in [3.63, 3.8) is 0 Å². The van der Waals surface area contributed by atoms with Gasteiger partial charge in [0, 0.05) is 13.5 Å². The van der Waals surface area contributed by atoms with Crippen molar-refractivity contribution in [2.24, 2.45) is 12.8 Å². The molecule has 0 amide bonds. The molecule has 0 fully saturated rings. The SMILES string of the molecule is CCc1ccc(C(N)c2c(Br)nnn2C)o1. The highest BCUT2D eigenvalue weighted by molar-refractivity contribution is 9.10. The Morgan fingerprint density at radius 3 is 2.81 bits per heavy atom. The lowest BCUT2D eigenvalue weighted by atomic mass is 10.2. The number of nitrogens with two attached hydrogens (primary N) is 1. The Labute approximate surface area is 102 Å². The molecular weight excluding hydrogens is 272 g/mol. The average Bonchev–Trinajstić information content (AvgIpc) is 2.85. The van der Waals surface area contributed by atoms with Crippen molar-refractivity contribution in [2.45, 2.75) is 19.4 Å². The summed E-state index contributed by atoms with van der Waals surface area (Å²) >= 11 is 3.32. The number of hydrogen-bond donors (Lipinski definition) is 1. The van der Waals surface area contributed by atoms with Gasteiger partial charge < -0.3 is 10.2 Å². The van der Waals surface area contributed by atoms with Crippen molar-refractivity contribution < 1.29 is 4.42 Å². The molecule has 2 aromatic rings. The molecule has 6 heteroatoms. The van der Waals surface area contributed by atoms with E-state index in [0.717, 1.165) is 23.6 Å². The molecule has 0 spiro atoms. The summed E-state index contributed by atoms with van der Waals surface area (Å²) in [5, 5.41) is 7.79. The molecule has 0 aliphatic heterocycles. The number of aryl methyl sites for hydroxylation is 2. The van der Waals surface area contributed by atoms with Gasteiger partial charge >= 0.3 is 0 Å². The first-order valence-corrected chi connectivity index (χ1v) is 5.82. The fourth-order valence-electron chi connectivity index (χ4n) is 1.56. The van der Waals surface area contributed by atoms with Crippen molar-refractivity contribution in [3.05, 3.63) is 34.0 Å². The smallest absolute Gasteiger partial charge is 0.153 e. The average molecular weight is 285 g/mol. The number of halogens is 1. The van der Waals surface area contributed by atoms with Gasteiger partial charge in [0.25, 0.3) is 0 Å². The lowest BCUT2D eigenvalue weighted by Gasteiger charge is -2.08. The summed E-state index contributed by atoms with van der Waals surface area (Å²) in [5.74, 6) is 1.65. The third-order valence-corrected chi connectivity index (χ3v) is 3.02. The van der Waals surface area contributed by atoms with Gasteiger partial charge in [-0.1, -0.05) is 12.1 Å². The van der Waals surface area contributed by atoms with Crippen LogP contribution in [0.3, 0.4) is 0 Å². The quantitative estimate of drug-likeness (QED) is 0.933. The van der Waals surface area contributed by atoms with E-state index in [9.17, 15) is 0 Å². The van der Waals surface area contributed by atoms with Crippen LogP contribution in [0.15, 0.2) is 21.2 Å². The van der Waals surface area contributed by atoms with E-state index in [1.54, 1.807) is 11.7 Å². The number of hydrogen-bond acceptors (Lipinski definition) is 4. The lowest BCUT2D eigenvalue weighted by molar-refractivity contribution is 0.445. The molecule has 0 aliphatic rings. The number of furan rings is 1. The van der Waals surface area contributed by atoms with Gasteiger partial charge in [0.05, 0.1) is 5.69 Å². The van der Waals surface area contributed by atoms with E-state index in [4.69, 9.17) is 10.2 Å². The summed E-state index contributed by atoms with van der Waals surface area (Å²) in [6.45, 7) is 2.04. The molecule has 0 aliphatic carbocycles. The largest absolute Gasteiger partial charge is 0.464 e. The van der Waals surface area contributed by atoms with Crippen LogP contribution in [0.1, 0.15) is 30.2 Å². The standard InChI is InChI=1S/C10H13BrN4O/c1-3-6-4-5-7(16-6)8(12)9-10(11)13-14-15(9)2/h4-5,8H,3,12H2,1-2H3. The predicted molar refractivity (Wildman–Crippen MR) is 62.8 cm³/mol. The molecule has 1 atom stereocenters. The van der Waals surface area contributed by atoms with Crippen LogP contribution in [0.25, 0.3) is 0 Å². The third-order valence-electron chi connectivity index (χ3n) is 2.46. The maximum Gasteiger partial charge on any atom is 0.153 e. The van der Waals surface area contributed by atoms with Gasteiger partial charge in [0.1, 0.15) is 17.6 Å². The molecule has 2 aromatic heterocycles. The summed E-state index contributed by atoms with van der Waals surface area (Å²) in [4.78, 5) is 0. The molecule has 0 radical (unpaired) electrons. The van der Waals surface area contributed by atoms with E-state index in [1.807, 2.05) is 19.1 Å². The monoisotopic (exact) mass is 284 g/mol. The molecule has 2 heterocycles. The van der Waals surface area contributed by atoms with Gasteiger partial charge in [-0.25, -0.2) is 4.68 Å². The van der Waals surface area contributed by atoms with Gasteiger partial charge in [0.2, 0.25) is 0 Å². The molecule has 16 heavy (non-hydrogen) atoms. The minimum absolute atomic E-state index is 0.352. The maximum atomic E-state index is 6.11. The fourth-order valence-corrected chi connectivity index (χ4v) is 2.13. The summed E-state index contributed by atoms with van der Waals surface area (Å²) in [6.07, 6.45) is 0.859. The third kappa shape index (κ3) is 1.90. The molecule has 2 rings (SSSR count). The molecule has 2 N–H and O–H groups in total. The van der Waals surface area contributed by atoms with E-state index in [-0.39, 0.29) is 6.04 Å². The van der Waals surface area contributed by atoms with Crippen LogP contribution in [0.5, 0.6) is 0 Å². The van der Waals surface area contributed by atoms with Crippen LogP contribution in [0.2, 0.25) is 0 Å². The molecule has 0 saturated heterocycles. The van der Waals surface area contributed by atoms with Crippen molar-refractivity contribution in [2.75, 3.05) is 0 Å². The Morgan fingerprint density at radius 1 is 1.56 bits per heavy atom. The Hall–Kier alpha value is -1.14. The Balaban J connectivity index is 2.34. The second-order valence-corrected chi connectivity index (χ2v) is 4.28. The predicted octanol–water partition coefficient (Wildman–Crippen LogP) is 1.78. The summed E-state index contributed by atoms with van der Waals surface area (Å²) in [7, 11) is 1.80. The first kappa shape index (κ1) is 11.3. The maximum absolute atomic E-state index is 6.11. The van der Waals surface area contributed by atoms with Crippen LogP contribution < -0.4 is 5.73 Å². The van der Waals surface area contributed by atoms with Crippen LogP contribution >= 0.6 is 15.9 Å². The zero-order chi connectivity index (χ0) is 11.7. The minimum Gasteiger partial charge on any atom is -0.464 e. The van der Waals surface area contributed by atoms with Crippen molar-refractivity contribution >= 4 is 15.9 Å². The van der Waals surface area contributed by atoms with E-state index < -0.39 is 0 Å². The van der Waals surface area contributed by atoms with Crippen molar-refractivity contribution in [1.82, 2.24) is 15.0 Å². The topological polar surface area (TPSA) is 69.9 Å². The van der Waals surface area contributed by atoms with E-state index in [1.165, 1.54) is 0 Å². The highest BCUT2D eigenvalue weighted by Crippen LogP contribution is 2.25. The van der Waals surface area contributed by atoms with Crippen molar-refractivity contribution in [1.29, 1.82) is 0 Å². The Morgan fingerprint density at radius 2 is 2.31 bits per heavy atom. The second-order valence-electron chi connectivity index (χ2n) is 3.52. The van der Waals surface area contributed by atoms with Crippen LogP contribution in [0.4, 0.5) is 0 Å². The van der Waals surface area contributed by atoms with Gasteiger partial charge in [-0.05, 0) is 28.1 Å². The summed E-state index contributed by atoms with van der Waals surface area (Å²) < 4.78 is 7.91. The molecule has 86 valence electrons. The first-order valence-electron chi connectivity index (χ1n) is 5.02. The lowest BCUT2D eigenvalue weighted by Crippen LogP contribution is -2.15. The Kier molecular flexibility index (Phi) is 3.11. The van der Waals surface area contributed by atoms with Crippen molar-refractivity contribution in [3.8, 4) is 0 Å². The highest BCUT2D eigenvalue weighted by atomic mass is 79.9. The number of nitrogens with zero attached hydrogens (tertiary/aromatic N) is 3. The van der Waals surface area contributed by atoms with E-state index in [2.05, 4.69) is 26.2 Å². The van der Waals surface area contributed by atoms with Gasteiger partial charge in [-0.3, -0.25) is 0 Å². The van der Waals surface area contributed by atoms with Gasteiger partial charge in [-0.2, -0.15) is 0 Å². The van der Waals surface area contributed by atoms with Crippen LogP contribution in [-0.4, -0.2) is 15.0 Å². The molecule has 5 nitrogen and oxygen atoms in total. The molecule has 0 aromatic carbocycles. The Bertz CT molecular complexity index is 471. The fraction of sp³-hybridized carbons (Fsp3) is 0.400. The van der Waals surface area contributed by atoms with Crippen LogP contribution in [-0.2, 0) is 13.5 Å². The summed E-state index contributed by atoms with van der Waals surface area (Å²) in [6, 6.07) is 3.48. The number of rotatable bonds is 3. The molecular formula is C10H13BrN4O. The van der Waals surface area contributed by atoms with Gasteiger partial charge in [0.15, 0.2) is 4.60 Å². The zero-order valence-corrected chi connectivity index (χ0v) is 10.7. The number of aromatic nitrogens is 3. The zero-order valence-electron chi connectivity index (χ0n) is 9.14. The highest BCUT2D eigenvalue weighted by Gasteiger charge is 2.20. The minimum atomic E-state index is -0.352. The second kappa shape index (κ2) is 4.39. The molecule has 0 saturated carbocycles. The van der Waals surface area contributed by atoms with Gasteiger partial charge in [-0.15, -0.1) is 5.10 Å².